The lowest BCUT2D eigenvalue weighted by Crippen LogP contribution is -2.33. The second-order valence-electron chi connectivity index (χ2n) is 5.17. The Balaban J connectivity index is 2.28. The molecule has 7 heteroatoms. The van der Waals surface area contributed by atoms with Crippen molar-refractivity contribution in [2.24, 2.45) is 5.92 Å². The Morgan fingerprint density at radius 2 is 1.57 bits per heavy atom. The molecule has 1 fully saturated rings. The molecule has 0 nitrogen and oxygen atoms in total. The highest BCUT2D eigenvalue weighted by Crippen LogP contribution is 2.67. The summed E-state index contributed by atoms with van der Waals surface area (Å²) in [6, 6.07) is 3.89. The molecule has 0 aliphatic heterocycles. The molecule has 1 aliphatic rings. The van der Waals surface area contributed by atoms with E-state index in [9.17, 15) is 22.0 Å². The van der Waals surface area contributed by atoms with Crippen molar-refractivity contribution in [2.45, 2.75) is 29.3 Å². The highest BCUT2D eigenvalue weighted by atomic mass is 35.5. The molecule has 1 aliphatic carbocycles. The van der Waals surface area contributed by atoms with Crippen molar-refractivity contribution in [2.75, 3.05) is 0 Å². The van der Waals surface area contributed by atoms with E-state index < -0.39 is 22.0 Å². The molecule has 1 aromatic rings. The molecule has 0 spiro atoms. The van der Waals surface area contributed by atoms with E-state index in [2.05, 4.69) is 6.58 Å². The molecule has 1 saturated carbocycles. The normalized spacial score (nSPS) is 24.8. The van der Waals surface area contributed by atoms with E-state index in [1.54, 1.807) is 6.92 Å². The van der Waals surface area contributed by atoms with Crippen LogP contribution >= 0.6 is 23.2 Å². The number of halogens is 7. The van der Waals surface area contributed by atoms with Crippen molar-refractivity contribution < 1.29 is 22.0 Å². The summed E-state index contributed by atoms with van der Waals surface area (Å²) in [6.07, 6.45) is -5.63. The van der Waals surface area contributed by atoms with Crippen LogP contribution in [-0.2, 0) is 5.92 Å². The quantitative estimate of drug-likeness (QED) is 0.369. The fourth-order valence-electron chi connectivity index (χ4n) is 2.42. The number of alkyl halides is 7. The lowest BCUT2D eigenvalue weighted by molar-refractivity contribution is -0.289. The van der Waals surface area contributed by atoms with Gasteiger partial charge >= 0.3 is 12.1 Å². The van der Waals surface area contributed by atoms with Crippen LogP contribution in [0.15, 0.2) is 36.4 Å². The van der Waals surface area contributed by atoms with Crippen LogP contribution in [0.1, 0.15) is 24.0 Å². The van der Waals surface area contributed by atoms with Crippen molar-refractivity contribution in [1.82, 2.24) is 0 Å². The fourth-order valence-corrected chi connectivity index (χ4v) is 3.42. The first-order valence-electron chi connectivity index (χ1n) is 5.99. The lowest BCUT2D eigenvalue weighted by Gasteiger charge is -2.20. The Bertz CT molecular complexity index is 560. The summed E-state index contributed by atoms with van der Waals surface area (Å²) in [4.78, 5) is 0. The Labute approximate surface area is 128 Å². The fraction of sp³-hybridized carbons (Fsp3) is 0.429. The Morgan fingerprint density at radius 3 is 1.90 bits per heavy atom. The van der Waals surface area contributed by atoms with Crippen LogP contribution in [0, 0.1) is 5.92 Å². The van der Waals surface area contributed by atoms with Gasteiger partial charge in [-0.15, -0.1) is 23.2 Å². The van der Waals surface area contributed by atoms with E-state index in [1.165, 1.54) is 12.1 Å². The third kappa shape index (κ3) is 2.66. The molecule has 0 saturated heterocycles. The predicted octanol–water partition coefficient (Wildman–Crippen LogP) is 5.80. The first-order chi connectivity index (χ1) is 9.40. The van der Waals surface area contributed by atoms with Gasteiger partial charge in [-0.2, -0.15) is 22.0 Å². The maximum absolute atomic E-state index is 13.2. The van der Waals surface area contributed by atoms with Crippen LogP contribution in [0.25, 0.3) is 0 Å². The number of allylic oxidation sites excluding steroid dienone is 1. The van der Waals surface area contributed by atoms with Crippen LogP contribution in [0.4, 0.5) is 22.0 Å². The van der Waals surface area contributed by atoms with E-state index in [1.807, 2.05) is 0 Å². The summed E-state index contributed by atoms with van der Waals surface area (Å²) in [5.74, 6) is -5.48. The Morgan fingerprint density at radius 1 is 1.10 bits per heavy atom. The third-order valence-corrected chi connectivity index (χ3v) is 4.51. The first kappa shape index (κ1) is 16.6. The summed E-state index contributed by atoms with van der Waals surface area (Å²) < 4.78 is 62.1. The third-order valence-electron chi connectivity index (χ3n) is 3.57. The van der Waals surface area contributed by atoms with Gasteiger partial charge in [0.2, 0.25) is 0 Å². The van der Waals surface area contributed by atoms with E-state index >= 15 is 0 Å². The van der Waals surface area contributed by atoms with Crippen molar-refractivity contribution in [1.29, 1.82) is 0 Å². The summed E-state index contributed by atoms with van der Waals surface area (Å²) >= 11 is 12.2. The van der Waals surface area contributed by atoms with Gasteiger partial charge in [-0.05, 0) is 12.5 Å². The number of hydrogen-bond donors (Lipinski definition) is 0. The van der Waals surface area contributed by atoms with Gasteiger partial charge in [0.1, 0.15) is 4.33 Å². The summed E-state index contributed by atoms with van der Waals surface area (Å²) in [6.45, 7) is 5.47. The molecule has 1 aromatic carbocycles. The molecular weight excluding hydrogens is 334 g/mol. The van der Waals surface area contributed by atoms with Gasteiger partial charge in [-0.1, -0.05) is 36.4 Å². The molecule has 0 N–H and O–H groups in total. The summed E-state index contributed by atoms with van der Waals surface area (Å²) in [5, 5.41) is 0. The van der Waals surface area contributed by atoms with Crippen LogP contribution in [0.5, 0.6) is 0 Å². The van der Waals surface area contributed by atoms with Gasteiger partial charge in [-0.3, -0.25) is 0 Å². The molecule has 0 amide bonds. The van der Waals surface area contributed by atoms with Crippen molar-refractivity contribution in [3.8, 4) is 0 Å². The van der Waals surface area contributed by atoms with Crippen LogP contribution in [-0.4, -0.2) is 10.5 Å². The van der Waals surface area contributed by atoms with Crippen molar-refractivity contribution in [3.63, 3.8) is 0 Å². The molecule has 116 valence electrons. The molecule has 2 unspecified atom stereocenters. The zero-order valence-corrected chi connectivity index (χ0v) is 12.3. The van der Waals surface area contributed by atoms with Crippen molar-refractivity contribution in [3.05, 3.63) is 47.5 Å². The first-order valence-corrected chi connectivity index (χ1v) is 6.74. The Kier molecular flexibility index (Phi) is 3.82. The minimum Gasteiger partial charge on any atom is -0.191 e. The smallest absolute Gasteiger partial charge is 0.191 e. The molecule has 0 heterocycles. The van der Waals surface area contributed by atoms with Crippen LogP contribution < -0.4 is 0 Å². The molecule has 2 atom stereocenters. The molecule has 0 radical (unpaired) electrons. The average Bonchev–Trinajstić information content (AvgIpc) is 2.91. The molecule has 21 heavy (non-hydrogen) atoms. The van der Waals surface area contributed by atoms with Gasteiger partial charge in [0.15, 0.2) is 0 Å². The second kappa shape index (κ2) is 4.85. The second-order valence-corrected chi connectivity index (χ2v) is 6.61. The predicted molar refractivity (Wildman–Crippen MR) is 71.9 cm³/mol. The number of benzene rings is 1. The lowest BCUT2D eigenvalue weighted by atomic mass is 10.0. The minimum atomic E-state index is -5.63. The molecule has 0 bridgehead atoms. The largest absolute Gasteiger partial charge is 0.458 e. The zero-order valence-electron chi connectivity index (χ0n) is 10.8. The highest BCUT2D eigenvalue weighted by molar-refractivity contribution is 6.52. The molecule has 0 aromatic heterocycles. The average molecular weight is 345 g/mol. The van der Waals surface area contributed by atoms with E-state index in [0.717, 1.165) is 17.7 Å². The van der Waals surface area contributed by atoms with Crippen LogP contribution in [0.3, 0.4) is 0 Å². The maximum atomic E-state index is 13.2. The minimum absolute atomic E-state index is 0.241. The molecule has 2 rings (SSSR count). The number of hydrogen-bond acceptors (Lipinski definition) is 0. The van der Waals surface area contributed by atoms with Gasteiger partial charge in [0.25, 0.3) is 0 Å². The van der Waals surface area contributed by atoms with E-state index in [4.69, 9.17) is 23.2 Å². The maximum Gasteiger partial charge on any atom is 0.458 e. The standard InChI is InChI=1S/C14H11Cl2F5/c1-7(2)10-11(12(10,15)16)8-3-5-9(6-4-8)13(17,18)14(19,20)21/h3-6,10-11H,1H2,2H3. The molecular formula is C14H11Cl2F5. The van der Waals surface area contributed by atoms with Gasteiger partial charge in [-0.25, -0.2) is 0 Å². The number of rotatable bonds is 3. The monoisotopic (exact) mass is 344 g/mol. The van der Waals surface area contributed by atoms with Gasteiger partial charge in [0.05, 0.1) is 0 Å². The SMILES string of the molecule is C=C(C)C1C(c2ccc(C(F)(F)C(F)(F)F)cc2)C1(Cl)Cl. The summed E-state index contributed by atoms with van der Waals surface area (Å²) in [5.41, 5.74) is 0.130. The van der Waals surface area contributed by atoms with Crippen LogP contribution in [0.2, 0.25) is 0 Å². The Hall–Kier alpha value is -0.810. The van der Waals surface area contributed by atoms with Crippen molar-refractivity contribution >= 4 is 23.2 Å². The van der Waals surface area contributed by atoms with E-state index in [-0.39, 0.29) is 11.8 Å². The summed E-state index contributed by atoms with van der Waals surface area (Å²) in [7, 11) is 0. The van der Waals surface area contributed by atoms with Gasteiger partial charge < -0.3 is 0 Å². The van der Waals surface area contributed by atoms with E-state index in [0.29, 0.717) is 5.56 Å². The topological polar surface area (TPSA) is 0 Å². The highest BCUT2D eigenvalue weighted by Gasteiger charge is 2.64. The van der Waals surface area contributed by atoms with Gasteiger partial charge in [0, 0.05) is 17.4 Å². The zero-order chi connectivity index (χ0) is 16.2.